The average Bonchev–Trinajstić information content (AvgIpc) is 3.34. The van der Waals surface area contributed by atoms with Gasteiger partial charge in [-0.1, -0.05) is 25.1 Å². The van der Waals surface area contributed by atoms with Gasteiger partial charge >= 0.3 is 5.69 Å². The van der Waals surface area contributed by atoms with E-state index in [0.29, 0.717) is 67.5 Å². The minimum absolute atomic E-state index is 0.121. The van der Waals surface area contributed by atoms with Crippen LogP contribution in [0.3, 0.4) is 0 Å². The number of nitriles is 1. The van der Waals surface area contributed by atoms with Gasteiger partial charge in [0.05, 0.1) is 24.9 Å². The zero-order chi connectivity index (χ0) is 32.4. The second kappa shape index (κ2) is 12.8. The van der Waals surface area contributed by atoms with Gasteiger partial charge in [0, 0.05) is 24.7 Å². The lowest BCUT2D eigenvalue weighted by Crippen LogP contribution is -2.57. The number of likely N-dealkylation sites (N-methyl/N-ethyl adjacent to an activating group) is 1. The maximum absolute atomic E-state index is 14.0. The minimum atomic E-state index is -0.497. The van der Waals surface area contributed by atoms with Gasteiger partial charge in [-0.05, 0) is 75.7 Å². The molecular formula is C34H38N8O4. The number of benzene rings is 2. The van der Waals surface area contributed by atoms with Crippen LogP contribution >= 0.6 is 0 Å². The number of para-hydroxylation sites is 1. The third-order valence-electron chi connectivity index (χ3n) is 8.86. The van der Waals surface area contributed by atoms with Crippen molar-refractivity contribution in [2.24, 2.45) is 0 Å². The summed E-state index contributed by atoms with van der Waals surface area (Å²) in [7, 11) is 0. The lowest BCUT2D eigenvalue weighted by molar-refractivity contribution is -0.128. The molecule has 6 rings (SSSR count). The van der Waals surface area contributed by atoms with Crippen molar-refractivity contribution in [1.29, 1.82) is 5.26 Å². The number of piperidine rings is 1. The lowest BCUT2D eigenvalue weighted by atomic mass is 9.95. The molecule has 2 aliphatic heterocycles. The molecule has 4 heterocycles. The SMILES string of the molecule is CCN(C1COC1)C(C)(C)/C=C(/C#N)C(=O)N1CCC(n2c(=O)n(-c3ccc(Oc4ccccc4)cc3)c3c(N)ncnc32)CC1. The number of fused-ring (bicyclic) bond motifs is 1. The molecule has 2 N–H and O–H groups in total. The fourth-order valence-corrected chi connectivity index (χ4v) is 6.54. The Hall–Kier alpha value is -4.99. The molecule has 12 heteroatoms. The molecule has 46 heavy (non-hydrogen) atoms. The van der Waals surface area contributed by atoms with E-state index in [0.717, 1.165) is 6.54 Å². The number of anilines is 1. The molecule has 0 atom stereocenters. The van der Waals surface area contributed by atoms with Crippen molar-refractivity contribution < 1.29 is 14.3 Å². The fourth-order valence-electron chi connectivity index (χ4n) is 6.54. The van der Waals surface area contributed by atoms with Crippen LogP contribution in [-0.4, -0.2) is 79.2 Å². The first-order chi connectivity index (χ1) is 22.2. The Morgan fingerprint density at radius 3 is 2.39 bits per heavy atom. The summed E-state index contributed by atoms with van der Waals surface area (Å²) in [6.07, 6.45) is 4.16. The molecule has 2 saturated heterocycles. The molecule has 2 aromatic carbocycles. The number of hydrogen-bond donors (Lipinski definition) is 1. The zero-order valence-electron chi connectivity index (χ0n) is 26.3. The van der Waals surface area contributed by atoms with Gasteiger partial charge in [0.1, 0.15) is 35.0 Å². The number of hydrogen-bond acceptors (Lipinski definition) is 9. The summed E-state index contributed by atoms with van der Waals surface area (Å²) >= 11 is 0. The van der Waals surface area contributed by atoms with Crippen molar-refractivity contribution in [3.05, 3.63) is 83.1 Å². The number of carbonyl (C=O) groups excluding carboxylic acids is 1. The topological polar surface area (TPSA) is 145 Å². The molecule has 0 unspecified atom stereocenters. The van der Waals surface area contributed by atoms with Crippen LogP contribution in [0.2, 0.25) is 0 Å². The van der Waals surface area contributed by atoms with Gasteiger partial charge in [-0.25, -0.2) is 14.8 Å². The molecule has 2 aromatic heterocycles. The highest BCUT2D eigenvalue weighted by Gasteiger charge is 2.36. The van der Waals surface area contributed by atoms with Crippen molar-refractivity contribution in [2.45, 2.75) is 51.2 Å². The Balaban J connectivity index is 1.23. The van der Waals surface area contributed by atoms with E-state index in [1.807, 2.05) is 44.2 Å². The van der Waals surface area contributed by atoms with Crippen LogP contribution in [-0.2, 0) is 9.53 Å². The van der Waals surface area contributed by atoms with Crippen molar-refractivity contribution in [2.75, 3.05) is 38.6 Å². The quantitative estimate of drug-likeness (QED) is 0.216. The molecule has 0 aliphatic carbocycles. The summed E-state index contributed by atoms with van der Waals surface area (Å²) in [5.41, 5.74) is 7.11. The second-order valence-electron chi connectivity index (χ2n) is 12.2. The van der Waals surface area contributed by atoms with E-state index < -0.39 is 5.54 Å². The Bertz CT molecular complexity index is 1840. The van der Waals surface area contributed by atoms with E-state index in [4.69, 9.17) is 15.2 Å². The van der Waals surface area contributed by atoms with E-state index in [2.05, 4.69) is 27.9 Å². The van der Waals surface area contributed by atoms with E-state index in [1.165, 1.54) is 10.9 Å². The predicted octanol–water partition coefficient (Wildman–Crippen LogP) is 4.07. The van der Waals surface area contributed by atoms with E-state index >= 15 is 0 Å². The molecule has 0 saturated carbocycles. The zero-order valence-corrected chi connectivity index (χ0v) is 26.3. The first kappa shape index (κ1) is 31.0. The average molecular weight is 623 g/mol. The van der Waals surface area contributed by atoms with Crippen LogP contribution in [0, 0.1) is 11.3 Å². The summed E-state index contributed by atoms with van der Waals surface area (Å²) in [5.74, 6) is 1.23. The summed E-state index contributed by atoms with van der Waals surface area (Å²) in [5, 5.41) is 9.98. The fraction of sp³-hybridized carbons (Fsp3) is 0.382. The number of nitrogens with zero attached hydrogens (tertiary/aromatic N) is 7. The van der Waals surface area contributed by atoms with E-state index in [9.17, 15) is 14.9 Å². The number of ether oxygens (including phenoxy) is 2. The van der Waals surface area contributed by atoms with Crippen molar-refractivity contribution in [3.63, 3.8) is 0 Å². The monoisotopic (exact) mass is 622 g/mol. The largest absolute Gasteiger partial charge is 0.457 e. The Morgan fingerprint density at radius 2 is 1.78 bits per heavy atom. The van der Waals surface area contributed by atoms with Crippen LogP contribution in [0.1, 0.15) is 39.7 Å². The summed E-state index contributed by atoms with van der Waals surface area (Å²) in [4.78, 5) is 40.2. The first-order valence-corrected chi connectivity index (χ1v) is 15.5. The molecule has 12 nitrogen and oxygen atoms in total. The summed E-state index contributed by atoms with van der Waals surface area (Å²) in [6.45, 7) is 8.96. The third kappa shape index (κ3) is 5.87. The number of imidazole rings is 1. The Morgan fingerprint density at radius 1 is 1.11 bits per heavy atom. The standard InChI is InChI=1S/C34H38N8O4/c1-4-40(26-20-45-21-26)34(2,3)18-23(19-35)32(43)39-16-14-25(15-17-39)42-31-29(30(36)37-22-38-31)41(33(42)44)24-10-12-28(13-11-24)46-27-8-6-5-7-9-27/h5-13,18,22,25-26H,4,14-17,20-21H2,1-3H3,(H2,36,37,38)/b23-18-. The normalized spacial score (nSPS) is 16.4. The maximum Gasteiger partial charge on any atom is 0.335 e. The lowest BCUT2D eigenvalue weighted by Gasteiger charge is -2.45. The van der Waals surface area contributed by atoms with Crippen LogP contribution in [0.25, 0.3) is 16.9 Å². The number of likely N-dealkylation sites (tertiary alicyclic amines) is 1. The van der Waals surface area contributed by atoms with Gasteiger partial charge in [0.2, 0.25) is 0 Å². The molecular weight excluding hydrogens is 584 g/mol. The van der Waals surface area contributed by atoms with Crippen LogP contribution in [0.15, 0.2) is 77.4 Å². The van der Waals surface area contributed by atoms with Crippen molar-refractivity contribution in [3.8, 4) is 23.3 Å². The molecule has 0 radical (unpaired) electrons. The van der Waals surface area contributed by atoms with Crippen LogP contribution in [0.4, 0.5) is 5.82 Å². The molecule has 0 bridgehead atoms. The number of aromatic nitrogens is 4. The van der Waals surface area contributed by atoms with Gasteiger partial charge in [-0.2, -0.15) is 5.26 Å². The number of carbonyl (C=O) groups is 1. The maximum atomic E-state index is 14.0. The third-order valence-corrected chi connectivity index (χ3v) is 8.86. The molecule has 4 aromatic rings. The number of nitrogens with two attached hydrogens (primary N) is 1. The highest BCUT2D eigenvalue weighted by molar-refractivity contribution is 5.97. The highest BCUT2D eigenvalue weighted by Crippen LogP contribution is 2.30. The van der Waals surface area contributed by atoms with E-state index in [-0.39, 0.29) is 35.1 Å². The molecule has 2 fully saturated rings. The van der Waals surface area contributed by atoms with Crippen molar-refractivity contribution in [1.82, 2.24) is 28.9 Å². The highest BCUT2D eigenvalue weighted by atomic mass is 16.5. The van der Waals surface area contributed by atoms with Crippen molar-refractivity contribution >= 4 is 22.9 Å². The first-order valence-electron chi connectivity index (χ1n) is 15.5. The molecule has 0 spiro atoms. The van der Waals surface area contributed by atoms with Gasteiger partial charge in [0.25, 0.3) is 5.91 Å². The molecule has 2 aliphatic rings. The summed E-state index contributed by atoms with van der Waals surface area (Å²) in [6, 6.07) is 18.8. The Kier molecular flexibility index (Phi) is 8.62. The second-order valence-corrected chi connectivity index (χ2v) is 12.2. The molecule has 238 valence electrons. The number of rotatable bonds is 9. The van der Waals surface area contributed by atoms with Crippen LogP contribution in [0.5, 0.6) is 11.5 Å². The van der Waals surface area contributed by atoms with Gasteiger partial charge in [0.15, 0.2) is 11.5 Å². The predicted molar refractivity (Wildman–Crippen MR) is 174 cm³/mol. The number of amides is 1. The smallest absolute Gasteiger partial charge is 0.335 e. The Labute approximate surface area is 267 Å². The van der Waals surface area contributed by atoms with Gasteiger partial charge in [-0.15, -0.1) is 0 Å². The van der Waals surface area contributed by atoms with E-state index in [1.54, 1.807) is 39.8 Å². The van der Waals surface area contributed by atoms with Gasteiger partial charge in [-0.3, -0.25) is 18.8 Å². The minimum Gasteiger partial charge on any atom is -0.457 e. The molecule has 1 amide bonds. The number of nitrogen functional groups attached to an aromatic ring is 1. The van der Waals surface area contributed by atoms with Crippen LogP contribution < -0.4 is 16.2 Å². The van der Waals surface area contributed by atoms with Gasteiger partial charge < -0.3 is 20.1 Å². The summed E-state index contributed by atoms with van der Waals surface area (Å²) < 4.78 is 14.5.